The lowest BCUT2D eigenvalue weighted by atomic mass is 10.1. The summed E-state index contributed by atoms with van der Waals surface area (Å²) in [7, 11) is -6.50. The summed E-state index contributed by atoms with van der Waals surface area (Å²) < 4.78 is 79.4. The molecule has 0 aliphatic carbocycles. The highest BCUT2D eigenvalue weighted by molar-refractivity contribution is 7.93. The number of halogens is 3. The summed E-state index contributed by atoms with van der Waals surface area (Å²) in [5, 5.41) is 7.60. The minimum atomic E-state index is -5.08. The lowest BCUT2D eigenvalue weighted by molar-refractivity contribution is 0.0802. The van der Waals surface area contributed by atoms with Crippen LogP contribution in [-0.4, -0.2) is 54.5 Å². The van der Waals surface area contributed by atoms with Crippen LogP contribution in [0.25, 0.3) is 11.3 Å². The standard InChI is InChI=1S/C29H34F3N7O5SSi/c1-18(19-5-8-21(30)9-6-19)44-23-15-20(7-10-22(23)38-45(41,42)29(31)32)26-25(27(33)40)28(36-24-16-34-11-12-35-24)39(37-26)17-43-13-14-46(2,3)4/h5-12,15-16,18,29,38H,13-14,17H2,1-4H3,(H2,33,40)(H,35,36)/t18-/m0/s1. The lowest BCUT2D eigenvalue weighted by Crippen LogP contribution is -2.22. The third-order valence-electron chi connectivity index (χ3n) is 6.60. The first-order valence-corrected chi connectivity index (χ1v) is 19.3. The number of amides is 1. The zero-order valence-electron chi connectivity index (χ0n) is 25.5. The van der Waals surface area contributed by atoms with E-state index in [1.807, 2.05) is 4.72 Å². The molecule has 1 atom stereocenters. The van der Waals surface area contributed by atoms with Crippen LogP contribution in [-0.2, 0) is 21.5 Å². The first-order valence-electron chi connectivity index (χ1n) is 14.0. The Morgan fingerprint density at radius 1 is 1.11 bits per heavy atom. The summed E-state index contributed by atoms with van der Waals surface area (Å²) in [5.74, 6) is -4.79. The van der Waals surface area contributed by atoms with Crippen molar-refractivity contribution < 1.29 is 35.9 Å². The van der Waals surface area contributed by atoms with E-state index in [2.05, 4.69) is 40.0 Å². The Morgan fingerprint density at radius 2 is 1.83 bits per heavy atom. The van der Waals surface area contributed by atoms with Crippen molar-refractivity contribution in [3.05, 3.63) is 78.0 Å². The maximum atomic E-state index is 13.5. The fourth-order valence-electron chi connectivity index (χ4n) is 4.17. The van der Waals surface area contributed by atoms with Gasteiger partial charge in [0.1, 0.15) is 47.3 Å². The number of carbonyl (C=O) groups excluding carboxylic acids is 1. The van der Waals surface area contributed by atoms with Gasteiger partial charge in [-0.15, -0.1) is 0 Å². The van der Waals surface area contributed by atoms with Gasteiger partial charge in [-0.05, 0) is 42.8 Å². The van der Waals surface area contributed by atoms with Crippen LogP contribution >= 0.6 is 0 Å². The van der Waals surface area contributed by atoms with Gasteiger partial charge < -0.3 is 20.5 Å². The number of sulfonamides is 1. The Hall–Kier alpha value is -4.48. The molecule has 0 aliphatic rings. The number of rotatable bonds is 15. The van der Waals surface area contributed by atoms with E-state index in [-0.39, 0.29) is 46.6 Å². The smallest absolute Gasteiger partial charge is 0.355 e. The van der Waals surface area contributed by atoms with E-state index in [0.717, 1.165) is 6.04 Å². The topological polar surface area (TPSA) is 163 Å². The Bertz CT molecular complexity index is 1770. The number of nitrogens with zero attached hydrogens (tertiary/aromatic N) is 4. The lowest BCUT2D eigenvalue weighted by Gasteiger charge is -2.19. The van der Waals surface area contributed by atoms with Gasteiger partial charge in [-0.3, -0.25) is 14.5 Å². The van der Waals surface area contributed by atoms with Crippen molar-refractivity contribution in [2.24, 2.45) is 5.73 Å². The Labute approximate surface area is 265 Å². The van der Waals surface area contributed by atoms with Crippen molar-refractivity contribution in [3.63, 3.8) is 0 Å². The second kappa shape index (κ2) is 14.3. The highest BCUT2D eigenvalue weighted by Crippen LogP contribution is 2.38. The Balaban J connectivity index is 1.81. The quantitative estimate of drug-likeness (QED) is 0.105. The van der Waals surface area contributed by atoms with Crippen molar-refractivity contribution in [2.45, 2.75) is 51.2 Å². The van der Waals surface area contributed by atoms with E-state index in [4.69, 9.17) is 15.2 Å². The maximum Gasteiger partial charge on any atom is 0.355 e. The number of nitrogens with one attached hydrogen (secondary N) is 2. The minimum absolute atomic E-state index is 0.0575. The number of aromatic nitrogens is 4. The molecule has 46 heavy (non-hydrogen) atoms. The number of hydrogen-bond acceptors (Lipinski definition) is 9. The molecule has 0 unspecified atom stereocenters. The summed E-state index contributed by atoms with van der Waals surface area (Å²) in [5.41, 5.74) is 6.30. The van der Waals surface area contributed by atoms with Gasteiger partial charge in [-0.1, -0.05) is 37.8 Å². The molecule has 0 spiro atoms. The summed E-state index contributed by atoms with van der Waals surface area (Å²) in [4.78, 5) is 21.1. The number of carbonyl (C=O) groups is 1. The minimum Gasteiger partial charge on any atom is -0.484 e. The van der Waals surface area contributed by atoms with E-state index in [1.54, 1.807) is 6.92 Å². The van der Waals surface area contributed by atoms with Crippen LogP contribution in [0.15, 0.2) is 61.1 Å². The molecule has 0 saturated carbocycles. The molecule has 246 valence electrons. The van der Waals surface area contributed by atoms with Crippen LogP contribution < -0.4 is 20.5 Å². The number of anilines is 3. The van der Waals surface area contributed by atoms with Gasteiger partial charge in [0.05, 0.1) is 11.9 Å². The number of primary amides is 1. The molecule has 0 radical (unpaired) electrons. The number of nitrogens with two attached hydrogens (primary N) is 1. The molecule has 2 heterocycles. The van der Waals surface area contributed by atoms with Crippen LogP contribution in [0.4, 0.5) is 30.5 Å². The van der Waals surface area contributed by atoms with Gasteiger partial charge in [-0.25, -0.2) is 22.5 Å². The van der Waals surface area contributed by atoms with Crippen molar-refractivity contribution in [3.8, 4) is 17.0 Å². The molecule has 4 N–H and O–H groups in total. The fraction of sp³-hybridized carbons (Fsp3) is 0.310. The molecule has 0 fully saturated rings. The monoisotopic (exact) mass is 677 g/mol. The molecule has 1 amide bonds. The normalized spacial score (nSPS) is 12.6. The van der Waals surface area contributed by atoms with Gasteiger partial charge in [0.2, 0.25) is 0 Å². The Morgan fingerprint density at radius 3 is 2.43 bits per heavy atom. The zero-order valence-corrected chi connectivity index (χ0v) is 27.3. The first-order chi connectivity index (χ1) is 21.6. The van der Waals surface area contributed by atoms with Gasteiger partial charge in [0.15, 0.2) is 0 Å². The molecular formula is C29H34F3N7O5SSi. The number of ether oxygens (including phenoxy) is 2. The molecule has 17 heteroatoms. The van der Waals surface area contributed by atoms with Crippen molar-refractivity contribution in [1.29, 1.82) is 0 Å². The van der Waals surface area contributed by atoms with E-state index in [1.165, 1.54) is 65.7 Å². The number of hydrogen-bond donors (Lipinski definition) is 3. The van der Waals surface area contributed by atoms with Gasteiger partial charge in [0, 0.05) is 32.6 Å². The molecule has 4 aromatic rings. The van der Waals surface area contributed by atoms with Gasteiger partial charge in [0.25, 0.3) is 15.9 Å². The number of benzene rings is 2. The number of alkyl halides is 2. The van der Waals surface area contributed by atoms with Crippen LogP contribution in [0, 0.1) is 5.82 Å². The highest BCUT2D eigenvalue weighted by Gasteiger charge is 2.28. The second-order valence-corrected chi connectivity index (χ2v) is 18.7. The molecule has 12 nitrogen and oxygen atoms in total. The van der Waals surface area contributed by atoms with Crippen molar-refractivity contribution in [2.75, 3.05) is 16.6 Å². The van der Waals surface area contributed by atoms with Crippen LogP contribution in [0.2, 0.25) is 25.7 Å². The fourth-order valence-corrected chi connectivity index (χ4v) is 5.49. The van der Waals surface area contributed by atoms with E-state index in [9.17, 15) is 26.4 Å². The summed E-state index contributed by atoms with van der Waals surface area (Å²) in [6.45, 7) is 8.60. The molecule has 2 aromatic heterocycles. The summed E-state index contributed by atoms with van der Waals surface area (Å²) in [6.07, 6.45) is 3.57. The average Bonchev–Trinajstić information content (AvgIpc) is 3.34. The van der Waals surface area contributed by atoms with Crippen LogP contribution in [0.1, 0.15) is 28.9 Å². The largest absolute Gasteiger partial charge is 0.484 e. The van der Waals surface area contributed by atoms with E-state index in [0.29, 0.717) is 12.2 Å². The SMILES string of the molecule is C[C@H](Oc1cc(-c2nn(COCC[Si](C)(C)C)c(Nc3cnccn3)c2C(N)=O)ccc1NS(=O)(=O)C(F)F)c1ccc(F)cc1. The third kappa shape index (κ3) is 8.82. The summed E-state index contributed by atoms with van der Waals surface area (Å²) >= 11 is 0. The zero-order chi connectivity index (χ0) is 33.6. The third-order valence-corrected chi connectivity index (χ3v) is 9.28. The summed E-state index contributed by atoms with van der Waals surface area (Å²) in [6, 6.07) is 10.1. The second-order valence-electron chi connectivity index (χ2n) is 11.4. The first kappa shape index (κ1) is 34.4. The van der Waals surface area contributed by atoms with E-state index < -0.39 is 41.7 Å². The van der Waals surface area contributed by atoms with Crippen molar-refractivity contribution in [1.82, 2.24) is 19.7 Å². The molecule has 0 saturated heterocycles. The predicted molar refractivity (Wildman–Crippen MR) is 170 cm³/mol. The molecule has 0 bridgehead atoms. The Kier molecular flexibility index (Phi) is 10.7. The van der Waals surface area contributed by atoms with Gasteiger partial charge >= 0.3 is 5.76 Å². The molecule has 4 rings (SSSR count). The predicted octanol–water partition coefficient (Wildman–Crippen LogP) is 5.74. The van der Waals surface area contributed by atoms with Crippen LogP contribution in [0.3, 0.4) is 0 Å². The molecule has 0 aliphatic heterocycles. The maximum absolute atomic E-state index is 13.5. The van der Waals surface area contributed by atoms with Gasteiger partial charge in [-0.2, -0.15) is 13.9 Å². The van der Waals surface area contributed by atoms with Crippen LogP contribution in [0.5, 0.6) is 5.75 Å². The van der Waals surface area contributed by atoms with E-state index >= 15 is 0 Å². The molecular weight excluding hydrogens is 644 g/mol. The average molecular weight is 678 g/mol. The van der Waals surface area contributed by atoms with Crippen molar-refractivity contribution >= 4 is 41.3 Å². The molecule has 2 aromatic carbocycles. The highest BCUT2D eigenvalue weighted by atomic mass is 32.2.